The van der Waals surface area contributed by atoms with Crippen molar-refractivity contribution in [2.24, 2.45) is 0 Å². The smallest absolute Gasteiger partial charge is 0.237 e. The van der Waals surface area contributed by atoms with Gasteiger partial charge in [0, 0.05) is 12.1 Å². The van der Waals surface area contributed by atoms with Crippen LogP contribution in [0.15, 0.2) is 57.3 Å². The third kappa shape index (κ3) is 4.19. The van der Waals surface area contributed by atoms with Gasteiger partial charge in [-0.3, -0.25) is 4.57 Å². The molecule has 0 unspecified atom stereocenters. The van der Waals surface area contributed by atoms with Gasteiger partial charge in [0.1, 0.15) is 5.76 Å². The van der Waals surface area contributed by atoms with Crippen LogP contribution in [0, 0.1) is 6.92 Å². The number of benzene rings is 1. The van der Waals surface area contributed by atoms with Crippen LogP contribution in [0.2, 0.25) is 0 Å². The SMILES string of the molecule is C=CCn1c(SCc2nc(-c3ccc(OC)c(OC)c3)no2)nnc1-c1ccoc1C. The Hall–Kier alpha value is -3.53. The molecular formula is C21H21N5O4S. The summed E-state index contributed by atoms with van der Waals surface area (Å²) < 4.78 is 23.4. The van der Waals surface area contributed by atoms with Gasteiger partial charge in [0.25, 0.3) is 0 Å². The number of aryl methyl sites for hydroxylation is 1. The molecule has 1 aromatic carbocycles. The average molecular weight is 439 g/mol. The Labute approximate surface area is 183 Å². The predicted molar refractivity (Wildman–Crippen MR) is 115 cm³/mol. The molecule has 0 saturated carbocycles. The highest BCUT2D eigenvalue weighted by Gasteiger charge is 2.18. The number of allylic oxidation sites excluding steroid dienone is 1. The monoisotopic (exact) mass is 439 g/mol. The average Bonchev–Trinajstić information content (AvgIpc) is 3.52. The topological polar surface area (TPSA) is 101 Å². The van der Waals surface area contributed by atoms with E-state index in [-0.39, 0.29) is 0 Å². The highest BCUT2D eigenvalue weighted by molar-refractivity contribution is 7.98. The van der Waals surface area contributed by atoms with Crippen molar-refractivity contribution >= 4 is 11.8 Å². The highest BCUT2D eigenvalue weighted by Crippen LogP contribution is 2.32. The van der Waals surface area contributed by atoms with E-state index in [0.29, 0.717) is 35.5 Å². The van der Waals surface area contributed by atoms with Crippen molar-refractivity contribution < 1.29 is 18.4 Å². The van der Waals surface area contributed by atoms with E-state index < -0.39 is 0 Å². The molecule has 10 heteroatoms. The van der Waals surface area contributed by atoms with Crippen LogP contribution in [-0.2, 0) is 12.3 Å². The number of hydrogen-bond donors (Lipinski definition) is 0. The zero-order chi connectivity index (χ0) is 21.8. The normalized spacial score (nSPS) is 10.9. The molecule has 9 nitrogen and oxygen atoms in total. The van der Waals surface area contributed by atoms with Gasteiger partial charge in [0.2, 0.25) is 11.7 Å². The summed E-state index contributed by atoms with van der Waals surface area (Å²) in [4.78, 5) is 4.49. The fraction of sp³-hybridized carbons (Fsp3) is 0.238. The molecule has 0 saturated heterocycles. The minimum absolute atomic E-state index is 0.444. The van der Waals surface area contributed by atoms with Crippen LogP contribution >= 0.6 is 11.8 Å². The maximum atomic E-state index is 5.42. The molecule has 31 heavy (non-hydrogen) atoms. The first-order chi connectivity index (χ1) is 15.1. The summed E-state index contributed by atoms with van der Waals surface area (Å²) in [6.07, 6.45) is 3.44. The van der Waals surface area contributed by atoms with Gasteiger partial charge < -0.3 is 18.4 Å². The molecule has 0 bridgehead atoms. The Morgan fingerprint density at radius 3 is 2.71 bits per heavy atom. The van der Waals surface area contributed by atoms with Crippen LogP contribution in [0.4, 0.5) is 0 Å². The number of furan rings is 1. The minimum Gasteiger partial charge on any atom is -0.493 e. The fourth-order valence-corrected chi connectivity index (χ4v) is 3.82. The van der Waals surface area contributed by atoms with Gasteiger partial charge in [0.15, 0.2) is 22.5 Å². The van der Waals surface area contributed by atoms with Crippen molar-refractivity contribution in [1.29, 1.82) is 0 Å². The molecule has 4 aromatic rings. The Bertz CT molecular complexity index is 1200. The number of aromatic nitrogens is 5. The van der Waals surface area contributed by atoms with Crippen LogP contribution in [0.5, 0.6) is 11.5 Å². The number of methoxy groups -OCH3 is 2. The van der Waals surface area contributed by atoms with E-state index >= 15 is 0 Å². The van der Waals surface area contributed by atoms with Crippen molar-refractivity contribution in [3.8, 4) is 34.3 Å². The zero-order valence-corrected chi connectivity index (χ0v) is 18.2. The lowest BCUT2D eigenvalue weighted by molar-refractivity contribution is 0.355. The molecule has 0 amide bonds. The largest absolute Gasteiger partial charge is 0.493 e. The van der Waals surface area contributed by atoms with Crippen molar-refractivity contribution in [2.45, 2.75) is 24.4 Å². The standard InChI is InChI=1S/C21H21N5O4S/c1-5-9-26-20(15-8-10-29-13(15)2)23-24-21(26)31-12-18-22-19(25-30-18)14-6-7-16(27-3)17(11-14)28-4/h5-8,10-11H,1,9,12H2,2-4H3. The first kappa shape index (κ1) is 20.7. The molecule has 0 spiro atoms. The van der Waals surface area contributed by atoms with E-state index in [0.717, 1.165) is 27.9 Å². The van der Waals surface area contributed by atoms with E-state index in [4.69, 9.17) is 18.4 Å². The predicted octanol–water partition coefficient (Wildman–Crippen LogP) is 4.39. The summed E-state index contributed by atoms with van der Waals surface area (Å²) >= 11 is 1.46. The summed E-state index contributed by atoms with van der Waals surface area (Å²) in [5.74, 6) is 4.13. The van der Waals surface area contributed by atoms with Gasteiger partial charge in [0.05, 0.1) is 31.8 Å². The number of hydrogen-bond acceptors (Lipinski definition) is 9. The van der Waals surface area contributed by atoms with E-state index in [1.54, 1.807) is 38.7 Å². The third-order valence-electron chi connectivity index (χ3n) is 4.56. The first-order valence-corrected chi connectivity index (χ1v) is 10.4. The van der Waals surface area contributed by atoms with Crippen LogP contribution in [0.3, 0.4) is 0 Å². The summed E-state index contributed by atoms with van der Waals surface area (Å²) in [5.41, 5.74) is 1.67. The van der Waals surface area contributed by atoms with Gasteiger partial charge in [-0.05, 0) is 31.2 Å². The number of ether oxygens (including phenoxy) is 2. The van der Waals surface area contributed by atoms with Crippen molar-refractivity contribution in [3.63, 3.8) is 0 Å². The molecule has 0 N–H and O–H groups in total. The van der Waals surface area contributed by atoms with E-state index in [1.165, 1.54) is 11.8 Å². The Balaban J connectivity index is 1.52. The molecule has 0 atom stereocenters. The van der Waals surface area contributed by atoms with Crippen molar-refractivity contribution in [1.82, 2.24) is 24.9 Å². The lowest BCUT2D eigenvalue weighted by Crippen LogP contribution is -2.00. The van der Waals surface area contributed by atoms with Crippen molar-refractivity contribution in [2.75, 3.05) is 14.2 Å². The molecule has 0 fully saturated rings. The molecule has 0 aliphatic carbocycles. The molecule has 0 aliphatic rings. The molecule has 3 aromatic heterocycles. The van der Waals surface area contributed by atoms with E-state index in [9.17, 15) is 0 Å². The summed E-state index contributed by atoms with van der Waals surface area (Å²) in [6, 6.07) is 7.33. The molecule has 0 aliphatic heterocycles. The number of rotatable bonds is 9. The van der Waals surface area contributed by atoms with Gasteiger partial charge in [-0.25, -0.2) is 0 Å². The second-order valence-electron chi connectivity index (χ2n) is 6.47. The molecule has 3 heterocycles. The van der Waals surface area contributed by atoms with Crippen LogP contribution < -0.4 is 9.47 Å². The second-order valence-corrected chi connectivity index (χ2v) is 7.41. The fourth-order valence-electron chi connectivity index (χ4n) is 3.04. The highest BCUT2D eigenvalue weighted by atomic mass is 32.2. The minimum atomic E-state index is 0.444. The number of nitrogens with zero attached hydrogens (tertiary/aromatic N) is 5. The van der Waals surface area contributed by atoms with Crippen LogP contribution in [0.1, 0.15) is 11.7 Å². The summed E-state index contributed by atoms with van der Waals surface area (Å²) in [6.45, 7) is 6.29. The van der Waals surface area contributed by atoms with Gasteiger partial charge >= 0.3 is 0 Å². The second kappa shape index (κ2) is 9.09. The first-order valence-electron chi connectivity index (χ1n) is 9.41. The van der Waals surface area contributed by atoms with Gasteiger partial charge in [-0.15, -0.1) is 16.8 Å². The Kier molecular flexibility index (Phi) is 6.08. The Morgan fingerprint density at radius 1 is 1.16 bits per heavy atom. The Morgan fingerprint density at radius 2 is 2.00 bits per heavy atom. The summed E-state index contributed by atoms with van der Waals surface area (Å²) in [7, 11) is 3.17. The maximum Gasteiger partial charge on any atom is 0.237 e. The van der Waals surface area contributed by atoms with Crippen LogP contribution in [-0.4, -0.2) is 39.1 Å². The lowest BCUT2D eigenvalue weighted by atomic mass is 10.2. The van der Waals surface area contributed by atoms with Crippen LogP contribution in [0.25, 0.3) is 22.8 Å². The van der Waals surface area contributed by atoms with Crippen molar-refractivity contribution in [3.05, 3.63) is 54.8 Å². The van der Waals surface area contributed by atoms with Gasteiger partial charge in [-0.1, -0.05) is 23.0 Å². The number of thioether (sulfide) groups is 1. The summed E-state index contributed by atoms with van der Waals surface area (Å²) in [5, 5.41) is 13.5. The molecule has 4 rings (SSSR count). The zero-order valence-electron chi connectivity index (χ0n) is 17.4. The quantitative estimate of drug-likeness (QED) is 0.277. The third-order valence-corrected chi connectivity index (χ3v) is 5.51. The molecule has 0 radical (unpaired) electrons. The van der Waals surface area contributed by atoms with Gasteiger partial charge in [-0.2, -0.15) is 4.98 Å². The van der Waals surface area contributed by atoms with E-state index in [1.807, 2.05) is 23.6 Å². The molecular weight excluding hydrogens is 418 g/mol. The van der Waals surface area contributed by atoms with E-state index in [2.05, 4.69) is 26.9 Å². The lowest BCUT2D eigenvalue weighted by Gasteiger charge is -2.07. The molecule has 160 valence electrons. The maximum absolute atomic E-state index is 5.42.